The molecule has 19 heavy (non-hydrogen) atoms. The van der Waals surface area contributed by atoms with Gasteiger partial charge >= 0.3 is 0 Å². The summed E-state index contributed by atoms with van der Waals surface area (Å²) in [6, 6.07) is 13.4. The molecule has 1 aliphatic carbocycles. The van der Waals surface area contributed by atoms with Gasteiger partial charge in [-0.1, -0.05) is 35.9 Å². The summed E-state index contributed by atoms with van der Waals surface area (Å²) in [6.45, 7) is 0. The van der Waals surface area contributed by atoms with E-state index in [4.69, 9.17) is 16.3 Å². The maximum atomic E-state index is 10.7. The van der Waals surface area contributed by atoms with Gasteiger partial charge in [0.15, 0.2) is 0 Å². The number of benzene rings is 2. The summed E-state index contributed by atoms with van der Waals surface area (Å²) in [5.41, 5.74) is 3.13. The molecule has 0 aromatic heterocycles. The normalized spacial score (nSPS) is 17.0. The van der Waals surface area contributed by atoms with Gasteiger partial charge in [-0.25, -0.2) is 0 Å². The number of aldehydes is 1. The largest absolute Gasteiger partial charge is 0.484 e. The first-order valence-electron chi connectivity index (χ1n) is 6.27. The zero-order valence-corrected chi connectivity index (χ0v) is 11.1. The number of carbonyl (C=O) groups is 1. The number of rotatable bonds is 3. The van der Waals surface area contributed by atoms with E-state index in [1.807, 2.05) is 12.1 Å². The van der Waals surface area contributed by atoms with Crippen molar-refractivity contribution in [3.8, 4) is 5.75 Å². The Kier molecular flexibility index (Phi) is 3.26. The predicted octanol–water partition coefficient (Wildman–Crippen LogP) is 4.22. The molecule has 3 heteroatoms. The fraction of sp³-hybridized carbons (Fsp3) is 0.188. The van der Waals surface area contributed by atoms with E-state index in [9.17, 15) is 4.79 Å². The fourth-order valence-corrected chi connectivity index (χ4v) is 2.71. The van der Waals surface area contributed by atoms with Gasteiger partial charge in [-0.3, -0.25) is 4.79 Å². The molecule has 0 heterocycles. The molecule has 3 rings (SSSR count). The summed E-state index contributed by atoms with van der Waals surface area (Å²) in [5.74, 6) is 0.633. The molecule has 2 nitrogen and oxygen atoms in total. The van der Waals surface area contributed by atoms with Gasteiger partial charge in [-0.15, -0.1) is 0 Å². The van der Waals surface area contributed by atoms with Crippen molar-refractivity contribution in [1.29, 1.82) is 0 Å². The Morgan fingerprint density at radius 1 is 1.21 bits per heavy atom. The molecule has 2 aromatic rings. The van der Waals surface area contributed by atoms with Crippen molar-refractivity contribution in [2.24, 2.45) is 0 Å². The van der Waals surface area contributed by atoms with Crippen LogP contribution >= 0.6 is 11.6 Å². The van der Waals surface area contributed by atoms with Crippen molar-refractivity contribution in [3.05, 3.63) is 64.2 Å². The van der Waals surface area contributed by atoms with Gasteiger partial charge in [-0.2, -0.15) is 0 Å². The SMILES string of the molecule is O=Cc1ccc(OC2CCc3ccccc32)c(Cl)c1. The Morgan fingerprint density at radius 2 is 2.05 bits per heavy atom. The summed E-state index contributed by atoms with van der Waals surface area (Å²) in [6.07, 6.45) is 2.83. The first kappa shape index (κ1) is 12.2. The van der Waals surface area contributed by atoms with Crippen molar-refractivity contribution >= 4 is 17.9 Å². The molecule has 0 saturated heterocycles. The second-order valence-electron chi connectivity index (χ2n) is 4.65. The zero-order chi connectivity index (χ0) is 13.2. The molecular formula is C16H13ClO2. The van der Waals surface area contributed by atoms with Gasteiger partial charge in [0.05, 0.1) is 5.02 Å². The third-order valence-electron chi connectivity index (χ3n) is 3.44. The zero-order valence-electron chi connectivity index (χ0n) is 10.3. The van der Waals surface area contributed by atoms with Crippen LogP contribution in [0, 0.1) is 0 Å². The third kappa shape index (κ3) is 2.36. The molecule has 0 N–H and O–H groups in total. The standard InChI is InChI=1S/C16H13ClO2/c17-14-9-11(10-18)5-7-16(14)19-15-8-6-12-3-1-2-4-13(12)15/h1-5,7,9-10,15H,6,8H2. The summed E-state index contributed by atoms with van der Waals surface area (Å²) in [4.78, 5) is 10.7. The number of halogens is 1. The van der Waals surface area contributed by atoms with Gasteiger partial charge in [0.2, 0.25) is 0 Å². The minimum absolute atomic E-state index is 0.0516. The first-order chi connectivity index (χ1) is 9.28. The van der Waals surface area contributed by atoms with Crippen molar-refractivity contribution in [2.75, 3.05) is 0 Å². The molecule has 0 fully saturated rings. The van der Waals surface area contributed by atoms with E-state index in [0.717, 1.165) is 19.1 Å². The van der Waals surface area contributed by atoms with Crippen LogP contribution in [0.3, 0.4) is 0 Å². The first-order valence-corrected chi connectivity index (χ1v) is 6.65. The molecule has 1 aliphatic rings. The summed E-state index contributed by atoms with van der Waals surface area (Å²) >= 11 is 6.13. The van der Waals surface area contributed by atoms with Gasteiger partial charge in [0.1, 0.15) is 18.1 Å². The van der Waals surface area contributed by atoms with Gasteiger partial charge < -0.3 is 4.74 Å². The highest BCUT2D eigenvalue weighted by atomic mass is 35.5. The van der Waals surface area contributed by atoms with Crippen LogP contribution < -0.4 is 4.74 Å². The molecule has 96 valence electrons. The summed E-state index contributed by atoms with van der Waals surface area (Å²) < 4.78 is 5.98. The Labute approximate surface area is 117 Å². The predicted molar refractivity (Wildman–Crippen MR) is 75.0 cm³/mol. The molecule has 0 spiro atoms. The van der Waals surface area contributed by atoms with E-state index < -0.39 is 0 Å². The highest BCUT2D eigenvalue weighted by molar-refractivity contribution is 6.32. The molecule has 0 amide bonds. The topological polar surface area (TPSA) is 26.3 Å². The molecule has 0 radical (unpaired) electrons. The van der Waals surface area contributed by atoms with E-state index in [-0.39, 0.29) is 6.10 Å². The van der Waals surface area contributed by atoms with Crippen LogP contribution in [0.2, 0.25) is 5.02 Å². The number of carbonyl (C=O) groups excluding carboxylic acids is 1. The van der Waals surface area contributed by atoms with Crippen LogP contribution in [0.25, 0.3) is 0 Å². The Bertz CT molecular complexity index is 622. The van der Waals surface area contributed by atoms with Crippen molar-refractivity contribution < 1.29 is 9.53 Å². The third-order valence-corrected chi connectivity index (χ3v) is 3.73. The van der Waals surface area contributed by atoms with E-state index in [1.54, 1.807) is 18.2 Å². The minimum Gasteiger partial charge on any atom is -0.484 e. The number of fused-ring (bicyclic) bond motifs is 1. The van der Waals surface area contributed by atoms with E-state index in [1.165, 1.54) is 11.1 Å². The van der Waals surface area contributed by atoms with Gasteiger partial charge in [-0.05, 0) is 42.2 Å². The van der Waals surface area contributed by atoms with Gasteiger partial charge in [0, 0.05) is 5.56 Å². The van der Waals surface area contributed by atoms with Gasteiger partial charge in [0.25, 0.3) is 0 Å². The lowest BCUT2D eigenvalue weighted by molar-refractivity contribution is 0.112. The smallest absolute Gasteiger partial charge is 0.150 e. The molecule has 0 saturated carbocycles. The number of aryl methyl sites for hydroxylation is 1. The molecule has 0 bridgehead atoms. The lowest BCUT2D eigenvalue weighted by Gasteiger charge is -2.16. The van der Waals surface area contributed by atoms with Crippen molar-refractivity contribution in [2.45, 2.75) is 18.9 Å². The summed E-state index contributed by atoms with van der Waals surface area (Å²) in [7, 11) is 0. The van der Waals surface area contributed by atoms with Crippen molar-refractivity contribution in [3.63, 3.8) is 0 Å². The van der Waals surface area contributed by atoms with E-state index in [0.29, 0.717) is 16.3 Å². The maximum Gasteiger partial charge on any atom is 0.150 e. The average Bonchev–Trinajstić information content (AvgIpc) is 2.84. The molecule has 1 unspecified atom stereocenters. The Hall–Kier alpha value is -1.80. The molecule has 1 atom stereocenters. The Morgan fingerprint density at radius 3 is 2.84 bits per heavy atom. The van der Waals surface area contributed by atoms with Crippen LogP contribution in [0.5, 0.6) is 5.75 Å². The highest BCUT2D eigenvalue weighted by Crippen LogP contribution is 2.37. The maximum absolute atomic E-state index is 10.7. The van der Waals surface area contributed by atoms with Crippen LogP contribution in [0.1, 0.15) is 34.0 Å². The lowest BCUT2D eigenvalue weighted by atomic mass is 10.1. The second kappa shape index (κ2) is 5.06. The summed E-state index contributed by atoms with van der Waals surface area (Å²) in [5, 5.41) is 0.481. The quantitative estimate of drug-likeness (QED) is 0.782. The monoisotopic (exact) mass is 272 g/mol. The van der Waals surface area contributed by atoms with E-state index >= 15 is 0 Å². The van der Waals surface area contributed by atoms with Crippen LogP contribution in [-0.4, -0.2) is 6.29 Å². The molecule has 2 aromatic carbocycles. The number of hydrogen-bond acceptors (Lipinski definition) is 2. The fourth-order valence-electron chi connectivity index (χ4n) is 2.48. The molecule has 0 aliphatic heterocycles. The lowest BCUT2D eigenvalue weighted by Crippen LogP contribution is -2.03. The van der Waals surface area contributed by atoms with Crippen LogP contribution in [0.15, 0.2) is 42.5 Å². The van der Waals surface area contributed by atoms with E-state index in [2.05, 4.69) is 12.1 Å². The Balaban J connectivity index is 1.85. The van der Waals surface area contributed by atoms with Crippen molar-refractivity contribution in [1.82, 2.24) is 0 Å². The number of hydrogen-bond donors (Lipinski definition) is 0. The minimum atomic E-state index is 0.0516. The van der Waals surface area contributed by atoms with Crippen LogP contribution in [-0.2, 0) is 6.42 Å². The highest BCUT2D eigenvalue weighted by Gasteiger charge is 2.24. The molecular weight excluding hydrogens is 260 g/mol. The van der Waals surface area contributed by atoms with Crippen LogP contribution in [0.4, 0.5) is 0 Å². The second-order valence-corrected chi connectivity index (χ2v) is 5.06. The average molecular weight is 273 g/mol. The number of ether oxygens (including phenoxy) is 1.